The van der Waals surface area contributed by atoms with Crippen molar-refractivity contribution < 1.29 is 14.3 Å². The van der Waals surface area contributed by atoms with Crippen LogP contribution in [-0.4, -0.2) is 35.1 Å². The summed E-state index contributed by atoms with van der Waals surface area (Å²) in [4.78, 5) is 13.4. The smallest absolute Gasteiger partial charge is 0.246 e. The first-order valence-electron chi connectivity index (χ1n) is 5.89. The maximum Gasteiger partial charge on any atom is 0.246 e. The number of hydrogen-bond acceptors (Lipinski definition) is 2. The number of hydrogen-bond donors (Lipinski definition) is 1. The molecule has 3 nitrogen and oxygen atoms in total. The third kappa shape index (κ3) is 4.30. The van der Waals surface area contributed by atoms with E-state index in [1.54, 1.807) is 23.1 Å². The molecule has 1 aromatic carbocycles. The average molecular weight is 251 g/mol. The van der Waals surface area contributed by atoms with E-state index in [9.17, 15) is 9.18 Å². The molecule has 0 atom stereocenters. The normalized spacial score (nSPS) is 11.2. The largest absolute Gasteiger partial charge is 0.395 e. The Bertz CT molecular complexity index is 430. The Kier molecular flexibility index (Phi) is 5.52. The zero-order valence-electron chi connectivity index (χ0n) is 10.6. The van der Waals surface area contributed by atoms with Gasteiger partial charge in [-0.25, -0.2) is 4.39 Å². The number of nitrogens with zero attached hydrogens (tertiary/aromatic N) is 1. The van der Waals surface area contributed by atoms with Crippen LogP contribution in [0.4, 0.5) is 4.39 Å². The van der Waals surface area contributed by atoms with E-state index in [2.05, 4.69) is 0 Å². The monoisotopic (exact) mass is 251 g/mol. The second-order valence-electron chi connectivity index (χ2n) is 4.24. The molecule has 0 aliphatic heterocycles. The molecule has 18 heavy (non-hydrogen) atoms. The van der Waals surface area contributed by atoms with E-state index in [0.29, 0.717) is 12.1 Å². The minimum atomic E-state index is -0.333. The van der Waals surface area contributed by atoms with Gasteiger partial charge in [0.1, 0.15) is 5.82 Å². The van der Waals surface area contributed by atoms with E-state index >= 15 is 0 Å². The van der Waals surface area contributed by atoms with Crippen LogP contribution >= 0.6 is 0 Å². The zero-order valence-corrected chi connectivity index (χ0v) is 10.6. The first kappa shape index (κ1) is 14.4. The Morgan fingerprint density at radius 1 is 1.50 bits per heavy atom. The number of carbonyl (C=O) groups is 1. The summed E-state index contributed by atoms with van der Waals surface area (Å²) in [6.45, 7) is 3.98. The molecule has 0 radical (unpaired) electrons. The minimum absolute atomic E-state index is 0.0156. The van der Waals surface area contributed by atoms with Crippen molar-refractivity contribution >= 4 is 12.0 Å². The lowest BCUT2D eigenvalue weighted by molar-refractivity contribution is -0.128. The molecule has 0 aromatic heterocycles. The number of rotatable bonds is 5. The lowest BCUT2D eigenvalue weighted by Crippen LogP contribution is -2.37. The molecule has 0 aliphatic carbocycles. The molecule has 0 fully saturated rings. The van der Waals surface area contributed by atoms with Gasteiger partial charge < -0.3 is 10.0 Å². The molecule has 0 spiro atoms. The Morgan fingerprint density at radius 2 is 2.22 bits per heavy atom. The highest BCUT2D eigenvalue weighted by atomic mass is 19.1. The Hall–Kier alpha value is -1.68. The van der Waals surface area contributed by atoms with Gasteiger partial charge in [-0.3, -0.25) is 4.79 Å². The van der Waals surface area contributed by atoms with Crippen molar-refractivity contribution in [1.82, 2.24) is 4.90 Å². The highest BCUT2D eigenvalue weighted by Crippen LogP contribution is 2.07. The van der Waals surface area contributed by atoms with Crippen LogP contribution < -0.4 is 0 Å². The van der Waals surface area contributed by atoms with Crippen molar-refractivity contribution in [2.45, 2.75) is 19.9 Å². The molecular weight excluding hydrogens is 233 g/mol. The Balaban J connectivity index is 2.73. The van der Waals surface area contributed by atoms with E-state index in [4.69, 9.17) is 5.11 Å². The van der Waals surface area contributed by atoms with Crippen LogP contribution in [0.2, 0.25) is 0 Å². The molecular formula is C14H18FNO2. The fraction of sp³-hybridized carbons (Fsp3) is 0.357. The van der Waals surface area contributed by atoms with Crippen molar-refractivity contribution in [3.63, 3.8) is 0 Å². The van der Waals surface area contributed by atoms with Gasteiger partial charge in [0, 0.05) is 18.7 Å². The minimum Gasteiger partial charge on any atom is -0.395 e. The number of halogens is 1. The van der Waals surface area contributed by atoms with Crippen LogP contribution in [0.1, 0.15) is 19.4 Å². The third-order valence-corrected chi connectivity index (χ3v) is 2.51. The van der Waals surface area contributed by atoms with Crippen molar-refractivity contribution in [2.24, 2.45) is 0 Å². The summed E-state index contributed by atoms with van der Waals surface area (Å²) in [6, 6.07) is 6.04. The quantitative estimate of drug-likeness (QED) is 0.814. The van der Waals surface area contributed by atoms with Gasteiger partial charge in [0.05, 0.1) is 6.61 Å². The summed E-state index contributed by atoms with van der Waals surface area (Å²) < 4.78 is 12.9. The van der Waals surface area contributed by atoms with Crippen LogP contribution in [0.5, 0.6) is 0 Å². The lowest BCUT2D eigenvalue weighted by Gasteiger charge is -2.24. The SMILES string of the molecule is CC(C)N(CCO)C(=O)/C=C/c1cccc(F)c1. The summed E-state index contributed by atoms with van der Waals surface area (Å²) in [5.74, 6) is -0.524. The fourth-order valence-corrected chi connectivity index (χ4v) is 1.60. The van der Waals surface area contributed by atoms with Crippen LogP contribution in [0, 0.1) is 5.82 Å². The van der Waals surface area contributed by atoms with E-state index in [1.165, 1.54) is 18.2 Å². The van der Waals surface area contributed by atoms with Gasteiger partial charge in [-0.2, -0.15) is 0 Å². The molecule has 0 saturated carbocycles. The van der Waals surface area contributed by atoms with Crippen molar-refractivity contribution in [1.29, 1.82) is 0 Å². The van der Waals surface area contributed by atoms with Gasteiger partial charge in [0.2, 0.25) is 5.91 Å². The van der Waals surface area contributed by atoms with E-state index < -0.39 is 0 Å². The molecule has 0 heterocycles. The van der Waals surface area contributed by atoms with Gasteiger partial charge in [0.25, 0.3) is 0 Å². The molecule has 0 unspecified atom stereocenters. The molecule has 1 N–H and O–H groups in total. The number of amides is 1. The highest BCUT2D eigenvalue weighted by Gasteiger charge is 2.13. The number of carbonyl (C=O) groups excluding carboxylic acids is 1. The standard InChI is InChI=1S/C14H18FNO2/c1-11(2)16(8-9-17)14(18)7-6-12-4-3-5-13(15)10-12/h3-7,10-11,17H,8-9H2,1-2H3/b7-6+. The molecule has 0 bridgehead atoms. The van der Waals surface area contributed by atoms with Gasteiger partial charge in [-0.15, -0.1) is 0 Å². The number of benzene rings is 1. The van der Waals surface area contributed by atoms with E-state index in [-0.39, 0.29) is 24.4 Å². The average Bonchev–Trinajstić information content (AvgIpc) is 2.32. The first-order valence-corrected chi connectivity index (χ1v) is 5.89. The zero-order chi connectivity index (χ0) is 13.5. The summed E-state index contributed by atoms with van der Waals surface area (Å²) in [5, 5.41) is 8.89. The fourth-order valence-electron chi connectivity index (χ4n) is 1.60. The Labute approximate surface area is 107 Å². The van der Waals surface area contributed by atoms with E-state index in [0.717, 1.165) is 0 Å². The van der Waals surface area contributed by atoms with Crippen molar-refractivity contribution in [3.8, 4) is 0 Å². The van der Waals surface area contributed by atoms with Crippen LogP contribution in [0.15, 0.2) is 30.3 Å². The van der Waals surface area contributed by atoms with Crippen LogP contribution in [0.25, 0.3) is 6.08 Å². The van der Waals surface area contributed by atoms with Gasteiger partial charge in [-0.05, 0) is 37.6 Å². The summed E-state index contributed by atoms with van der Waals surface area (Å²) in [7, 11) is 0. The molecule has 1 aromatic rings. The molecule has 1 rings (SSSR count). The Morgan fingerprint density at radius 3 is 2.78 bits per heavy atom. The first-order chi connectivity index (χ1) is 8.54. The molecule has 0 aliphatic rings. The summed E-state index contributed by atoms with van der Waals surface area (Å²) in [5.41, 5.74) is 0.635. The predicted octanol–water partition coefficient (Wildman–Crippen LogP) is 2.07. The number of aliphatic hydroxyl groups excluding tert-OH is 1. The van der Waals surface area contributed by atoms with Gasteiger partial charge in [0.15, 0.2) is 0 Å². The van der Waals surface area contributed by atoms with Crippen molar-refractivity contribution in [3.05, 3.63) is 41.7 Å². The maximum absolute atomic E-state index is 12.9. The maximum atomic E-state index is 12.9. The molecule has 4 heteroatoms. The van der Waals surface area contributed by atoms with Crippen LogP contribution in [-0.2, 0) is 4.79 Å². The summed E-state index contributed by atoms with van der Waals surface area (Å²) in [6.07, 6.45) is 2.96. The second kappa shape index (κ2) is 6.91. The summed E-state index contributed by atoms with van der Waals surface area (Å²) >= 11 is 0. The topological polar surface area (TPSA) is 40.5 Å². The molecule has 0 saturated heterocycles. The third-order valence-electron chi connectivity index (χ3n) is 2.51. The molecule has 1 amide bonds. The van der Waals surface area contributed by atoms with E-state index in [1.807, 2.05) is 13.8 Å². The number of aliphatic hydroxyl groups is 1. The lowest BCUT2D eigenvalue weighted by atomic mass is 10.2. The van der Waals surface area contributed by atoms with Crippen molar-refractivity contribution in [2.75, 3.05) is 13.2 Å². The predicted molar refractivity (Wildman–Crippen MR) is 69.4 cm³/mol. The second-order valence-corrected chi connectivity index (χ2v) is 4.24. The van der Waals surface area contributed by atoms with Gasteiger partial charge >= 0.3 is 0 Å². The van der Waals surface area contributed by atoms with Crippen LogP contribution in [0.3, 0.4) is 0 Å². The van der Waals surface area contributed by atoms with Gasteiger partial charge in [-0.1, -0.05) is 12.1 Å². The molecule has 98 valence electrons. The highest BCUT2D eigenvalue weighted by molar-refractivity contribution is 5.91.